The van der Waals surface area contributed by atoms with Crippen molar-refractivity contribution in [2.45, 2.75) is 26.0 Å². The number of nitrogens with zero attached hydrogens (tertiary/aromatic N) is 1. The minimum Gasteiger partial charge on any atom is -0.479 e. The topological polar surface area (TPSA) is 58.6 Å². The van der Waals surface area contributed by atoms with Gasteiger partial charge in [-0.25, -0.2) is 0 Å². The first-order valence-corrected chi connectivity index (χ1v) is 7.35. The maximum atomic E-state index is 12.4. The number of carbonyl (C=O) groups is 2. The molecule has 0 aliphatic carbocycles. The largest absolute Gasteiger partial charge is 0.479 e. The van der Waals surface area contributed by atoms with E-state index in [1.54, 1.807) is 32.0 Å². The fourth-order valence-corrected chi connectivity index (χ4v) is 2.58. The molecule has 5 nitrogen and oxygen atoms in total. The highest BCUT2D eigenvalue weighted by Crippen LogP contribution is 2.28. The normalized spacial score (nSPS) is 19.9. The summed E-state index contributed by atoms with van der Waals surface area (Å²) < 4.78 is 5.59. The van der Waals surface area contributed by atoms with E-state index in [0.29, 0.717) is 28.9 Å². The number of ether oxygens (including phenoxy) is 1. The van der Waals surface area contributed by atoms with Crippen molar-refractivity contribution in [1.29, 1.82) is 0 Å². The molecule has 0 bridgehead atoms. The van der Waals surface area contributed by atoms with Crippen molar-refractivity contribution >= 4 is 35.0 Å². The molecule has 2 atom stereocenters. The monoisotopic (exact) mass is 330 g/mol. The Balaban J connectivity index is 2.07. The van der Waals surface area contributed by atoms with Gasteiger partial charge in [0, 0.05) is 18.1 Å². The van der Waals surface area contributed by atoms with E-state index in [9.17, 15) is 9.59 Å². The van der Waals surface area contributed by atoms with Crippen LogP contribution < -0.4 is 10.1 Å². The fraction of sp³-hybridized carbons (Fsp3) is 0.429. The standard InChI is InChI=1S/C14H16Cl2N2O3/c1-8-13(19)17-5-6-18(8)14(20)9(2)21-12-4-3-10(15)7-11(12)16/h3-4,7-9H,5-6H2,1-2H3,(H,17,19). The van der Waals surface area contributed by atoms with Gasteiger partial charge in [0.15, 0.2) is 6.10 Å². The number of nitrogens with one attached hydrogen (secondary N) is 1. The molecular formula is C14H16Cl2N2O3. The van der Waals surface area contributed by atoms with Gasteiger partial charge in [0.05, 0.1) is 5.02 Å². The molecule has 1 aliphatic heterocycles. The van der Waals surface area contributed by atoms with E-state index < -0.39 is 12.1 Å². The van der Waals surface area contributed by atoms with Gasteiger partial charge in [-0.3, -0.25) is 9.59 Å². The highest BCUT2D eigenvalue weighted by atomic mass is 35.5. The van der Waals surface area contributed by atoms with Crippen LogP contribution in [0.5, 0.6) is 5.75 Å². The van der Waals surface area contributed by atoms with Crippen molar-refractivity contribution in [3.63, 3.8) is 0 Å². The Bertz CT molecular complexity index is 565. The summed E-state index contributed by atoms with van der Waals surface area (Å²) in [7, 11) is 0. The molecule has 0 spiro atoms. The van der Waals surface area contributed by atoms with Crippen molar-refractivity contribution in [2.75, 3.05) is 13.1 Å². The van der Waals surface area contributed by atoms with Crippen LogP contribution in [0.25, 0.3) is 0 Å². The van der Waals surface area contributed by atoms with Crippen molar-refractivity contribution in [1.82, 2.24) is 10.2 Å². The summed E-state index contributed by atoms with van der Waals surface area (Å²) in [5, 5.41) is 3.54. The summed E-state index contributed by atoms with van der Waals surface area (Å²) in [6.45, 7) is 4.23. The lowest BCUT2D eigenvalue weighted by molar-refractivity contribution is -0.147. The van der Waals surface area contributed by atoms with Gasteiger partial charge >= 0.3 is 0 Å². The molecule has 2 amide bonds. The van der Waals surface area contributed by atoms with Gasteiger partial charge in [-0.1, -0.05) is 23.2 Å². The van der Waals surface area contributed by atoms with Crippen LogP contribution in [0.3, 0.4) is 0 Å². The van der Waals surface area contributed by atoms with E-state index in [1.807, 2.05) is 0 Å². The number of hydrogen-bond donors (Lipinski definition) is 1. The first kappa shape index (κ1) is 15.9. The summed E-state index contributed by atoms with van der Waals surface area (Å²) in [5.41, 5.74) is 0. The Morgan fingerprint density at radius 3 is 2.86 bits per heavy atom. The molecule has 114 valence electrons. The smallest absolute Gasteiger partial charge is 0.264 e. The van der Waals surface area contributed by atoms with Crippen LogP contribution >= 0.6 is 23.2 Å². The Kier molecular flexibility index (Phi) is 4.96. The minimum atomic E-state index is -0.739. The lowest BCUT2D eigenvalue weighted by atomic mass is 10.2. The van der Waals surface area contributed by atoms with Crippen LogP contribution in [-0.2, 0) is 9.59 Å². The third-order valence-electron chi connectivity index (χ3n) is 3.33. The van der Waals surface area contributed by atoms with Crippen LogP contribution in [0.15, 0.2) is 18.2 Å². The molecule has 1 N–H and O–H groups in total. The number of piperazine rings is 1. The van der Waals surface area contributed by atoms with E-state index in [4.69, 9.17) is 27.9 Å². The van der Waals surface area contributed by atoms with E-state index in [1.165, 1.54) is 4.90 Å². The summed E-state index contributed by atoms with van der Waals surface area (Å²) in [5.74, 6) is -0.0225. The SMILES string of the molecule is CC(Oc1ccc(Cl)cc1Cl)C(=O)N1CCNC(=O)C1C. The summed E-state index contributed by atoms with van der Waals surface area (Å²) in [6.07, 6.45) is -0.739. The third-order valence-corrected chi connectivity index (χ3v) is 3.86. The third kappa shape index (κ3) is 3.60. The summed E-state index contributed by atoms with van der Waals surface area (Å²) in [6, 6.07) is 4.29. The number of hydrogen-bond acceptors (Lipinski definition) is 3. The molecule has 1 fully saturated rings. The van der Waals surface area contributed by atoms with Crippen LogP contribution in [0.1, 0.15) is 13.8 Å². The Labute approximate surface area is 133 Å². The van der Waals surface area contributed by atoms with Gasteiger partial charge in [-0.05, 0) is 32.0 Å². The fourth-order valence-electron chi connectivity index (χ4n) is 2.13. The molecule has 1 aliphatic rings. The summed E-state index contributed by atoms with van der Waals surface area (Å²) >= 11 is 11.8. The molecule has 1 aromatic carbocycles. The van der Waals surface area contributed by atoms with Crippen LogP contribution in [0.2, 0.25) is 10.0 Å². The molecule has 0 saturated carbocycles. The Morgan fingerprint density at radius 2 is 2.19 bits per heavy atom. The molecule has 1 saturated heterocycles. The molecule has 2 unspecified atom stereocenters. The predicted octanol–water partition coefficient (Wildman–Crippen LogP) is 2.11. The predicted molar refractivity (Wildman–Crippen MR) is 80.7 cm³/mol. The summed E-state index contributed by atoms with van der Waals surface area (Å²) in [4.78, 5) is 25.5. The Morgan fingerprint density at radius 1 is 1.48 bits per heavy atom. The van der Waals surface area contributed by atoms with E-state index in [0.717, 1.165) is 0 Å². The molecule has 21 heavy (non-hydrogen) atoms. The second kappa shape index (κ2) is 6.54. The van der Waals surface area contributed by atoms with Crippen molar-refractivity contribution in [2.24, 2.45) is 0 Å². The van der Waals surface area contributed by atoms with Gasteiger partial charge in [-0.2, -0.15) is 0 Å². The average molecular weight is 331 g/mol. The second-order valence-corrected chi connectivity index (χ2v) is 5.68. The zero-order valence-corrected chi connectivity index (χ0v) is 13.2. The van der Waals surface area contributed by atoms with Gasteiger partial charge in [-0.15, -0.1) is 0 Å². The highest BCUT2D eigenvalue weighted by molar-refractivity contribution is 6.35. The number of amides is 2. The quantitative estimate of drug-likeness (QED) is 0.923. The Hall–Kier alpha value is -1.46. The van der Waals surface area contributed by atoms with Crippen molar-refractivity contribution in [3.8, 4) is 5.75 Å². The van der Waals surface area contributed by atoms with Crippen LogP contribution in [0, 0.1) is 0 Å². The molecule has 1 heterocycles. The average Bonchev–Trinajstić information content (AvgIpc) is 2.44. The number of rotatable bonds is 3. The zero-order valence-electron chi connectivity index (χ0n) is 11.7. The first-order chi connectivity index (χ1) is 9.90. The lowest BCUT2D eigenvalue weighted by Crippen LogP contribution is -2.58. The number of carbonyl (C=O) groups excluding carboxylic acids is 2. The van der Waals surface area contributed by atoms with E-state index in [2.05, 4.69) is 5.32 Å². The molecule has 7 heteroatoms. The van der Waals surface area contributed by atoms with Gasteiger partial charge in [0.25, 0.3) is 5.91 Å². The van der Waals surface area contributed by atoms with Gasteiger partial charge < -0.3 is 15.0 Å². The molecule has 0 radical (unpaired) electrons. The van der Waals surface area contributed by atoms with Crippen LogP contribution in [-0.4, -0.2) is 41.9 Å². The lowest BCUT2D eigenvalue weighted by Gasteiger charge is -2.34. The zero-order chi connectivity index (χ0) is 15.6. The first-order valence-electron chi connectivity index (χ1n) is 6.60. The second-order valence-electron chi connectivity index (χ2n) is 4.83. The minimum absolute atomic E-state index is 0.161. The van der Waals surface area contributed by atoms with Gasteiger partial charge in [0.2, 0.25) is 5.91 Å². The van der Waals surface area contributed by atoms with Crippen molar-refractivity contribution < 1.29 is 14.3 Å². The van der Waals surface area contributed by atoms with E-state index >= 15 is 0 Å². The van der Waals surface area contributed by atoms with Gasteiger partial charge in [0.1, 0.15) is 11.8 Å². The van der Waals surface area contributed by atoms with Crippen molar-refractivity contribution in [3.05, 3.63) is 28.2 Å². The van der Waals surface area contributed by atoms with E-state index in [-0.39, 0.29) is 11.8 Å². The molecule has 1 aromatic rings. The van der Waals surface area contributed by atoms with Crippen LogP contribution in [0.4, 0.5) is 0 Å². The highest BCUT2D eigenvalue weighted by Gasteiger charge is 2.32. The maximum absolute atomic E-state index is 12.4. The molecule has 0 aromatic heterocycles. The molecular weight excluding hydrogens is 315 g/mol. The number of halogens is 2. The molecule has 2 rings (SSSR count). The maximum Gasteiger partial charge on any atom is 0.264 e. The number of benzene rings is 1.